The van der Waals surface area contributed by atoms with E-state index < -0.39 is 34.8 Å². The van der Waals surface area contributed by atoms with Crippen molar-refractivity contribution in [2.45, 2.75) is 25.4 Å². The van der Waals surface area contributed by atoms with Crippen LogP contribution in [-0.4, -0.2) is 38.3 Å². The van der Waals surface area contributed by atoms with Crippen LogP contribution in [0, 0.1) is 5.82 Å². The number of H-pyrrole nitrogens is 1. The summed E-state index contributed by atoms with van der Waals surface area (Å²) in [7, 11) is 0. The van der Waals surface area contributed by atoms with Crippen molar-refractivity contribution in [2.24, 2.45) is 0 Å². The molecule has 1 aliphatic heterocycles. The number of halogens is 1. The van der Waals surface area contributed by atoms with Crippen molar-refractivity contribution in [3.05, 3.63) is 93.4 Å². The summed E-state index contributed by atoms with van der Waals surface area (Å²) in [5.41, 5.74) is -0.136. The van der Waals surface area contributed by atoms with Gasteiger partial charge in [0, 0.05) is 18.7 Å². The van der Waals surface area contributed by atoms with Gasteiger partial charge in [-0.25, -0.2) is 9.37 Å². The van der Waals surface area contributed by atoms with Crippen molar-refractivity contribution in [3.63, 3.8) is 0 Å². The van der Waals surface area contributed by atoms with Crippen molar-refractivity contribution >= 4 is 11.8 Å². The molecule has 8 nitrogen and oxygen atoms in total. The summed E-state index contributed by atoms with van der Waals surface area (Å²) in [5.74, 6) is -2.01. The molecule has 3 N–H and O–H groups in total. The lowest BCUT2D eigenvalue weighted by Gasteiger charge is -2.24. The predicted molar refractivity (Wildman–Crippen MR) is 114 cm³/mol. The SMILES string of the molecule is O=C(NCc1ccc(F)cc1)c1nc(C2CCCN2C(=O)c2ccccc2)[nH]c(=O)c1O. The normalized spacial score (nSPS) is 15.5. The van der Waals surface area contributed by atoms with Gasteiger partial charge in [0.25, 0.3) is 17.4 Å². The van der Waals surface area contributed by atoms with Crippen molar-refractivity contribution in [1.29, 1.82) is 0 Å². The van der Waals surface area contributed by atoms with Gasteiger partial charge in [-0.1, -0.05) is 30.3 Å². The number of aromatic nitrogens is 2. The van der Waals surface area contributed by atoms with Crippen molar-refractivity contribution in [2.75, 3.05) is 6.54 Å². The largest absolute Gasteiger partial charge is 0.501 e. The zero-order valence-electron chi connectivity index (χ0n) is 17.0. The lowest BCUT2D eigenvalue weighted by atomic mass is 10.1. The van der Waals surface area contributed by atoms with E-state index in [0.29, 0.717) is 30.5 Å². The smallest absolute Gasteiger partial charge is 0.294 e. The Labute approximate surface area is 182 Å². The molecular formula is C23H21FN4O4. The van der Waals surface area contributed by atoms with Crippen LogP contribution in [-0.2, 0) is 6.54 Å². The fourth-order valence-electron chi connectivity index (χ4n) is 3.71. The fourth-order valence-corrected chi connectivity index (χ4v) is 3.71. The highest BCUT2D eigenvalue weighted by molar-refractivity contribution is 5.95. The maximum Gasteiger partial charge on any atom is 0.294 e. The Balaban J connectivity index is 1.57. The first kappa shape index (κ1) is 21.2. The van der Waals surface area contributed by atoms with E-state index in [9.17, 15) is 23.9 Å². The Hall–Kier alpha value is -4.01. The maximum absolute atomic E-state index is 13.0. The molecule has 0 saturated carbocycles. The monoisotopic (exact) mass is 436 g/mol. The molecule has 4 rings (SSSR count). The molecule has 1 aromatic heterocycles. The number of carbonyl (C=O) groups is 2. The summed E-state index contributed by atoms with van der Waals surface area (Å²) in [6.45, 7) is 0.541. The third-order valence-corrected chi connectivity index (χ3v) is 5.34. The molecule has 1 unspecified atom stereocenters. The fraction of sp³-hybridized carbons (Fsp3) is 0.217. The number of hydrogen-bond donors (Lipinski definition) is 3. The highest BCUT2D eigenvalue weighted by Crippen LogP contribution is 2.31. The van der Waals surface area contributed by atoms with Crippen LogP contribution in [0.25, 0.3) is 0 Å². The van der Waals surface area contributed by atoms with Crippen LogP contribution in [0.5, 0.6) is 5.75 Å². The molecule has 2 amide bonds. The molecule has 9 heteroatoms. The second-order valence-electron chi connectivity index (χ2n) is 7.48. The minimum atomic E-state index is -0.860. The Morgan fingerprint density at radius 3 is 2.59 bits per heavy atom. The first-order valence-electron chi connectivity index (χ1n) is 10.2. The average Bonchev–Trinajstić information content (AvgIpc) is 3.30. The summed E-state index contributed by atoms with van der Waals surface area (Å²) in [5, 5.41) is 12.7. The van der Waals surface area contributed by atoms with Gasteiger partial charge in [-0.05, 0) is 42.7 Å². The molecule has 0 aliphatic carbocycles. The van der Waals surface area contributed by atoms with Crippen LogP contribution in [0.1, 0.15) is 51.1 Å². The molecule has 32 heavy (non-hydrogen) atoms. The third kappa shape index (κ3) is 4.36. The number of nitrogens with one attached hydrogen (secondary N) is 2. The zero-order chi connectivity index (χ0) is 22.7. The summed E-state index contributed by atoms with van der Waals surface area (Å²) < 4.78 is 13.0. The zero-order valence-corrected chi connectivity index (χ0v) is 17.0. The molecular weight excluding hydrogens is 415 g/mol. The lowest BCUT2D eigenvalue weighted by molar-refractivity contribution is 0.0729. The van der Waals surface area contributed by atoms with E-state index in [-0.39, 0.29) is 18.3 Å². The second kappa shape index (κ2) is 9.01. The van der Waals surface area contributed by atoms with Crippen LogP contribution >= 0.6 is 0 Å². The van der Waals surface area contributed by atoms with E-state index in [1.165, 1.54) is 24.3 Å². The Kier molecular flexibility index (Phi) is 5.98. The van der Waals surface area contributed by atoms with Crippen LogP contribution in [0.3, 0.4) is 0 Å². The Morgan fingerprint density at radius 2 is 1.88 bits per heavy atom. The number of aromatic amines is 1. The first-order valence-corrected chi connectivity index (χ1v) is 10.2. The quantitative estimate of drug-likeness (QED) is 0.569. The number of aromatic hydroxyl groups is 1. The van der Waals surface area contributed by atoms with Gasteiger partial charge in [0.15, 0.2) is 5.69 Å². The molecule has 164 valence electrons. The van der Waals surface area contributed by atoms with E-state index in [1.54, 1.807) is 29.2 Å². The van der Waals surface area contributed by atoms with Crippen molar-refractivity contribution in [1.82, 2.24) is 20.2 Å². The molecule has 3 aromatic rings. The van der Waals surface area contributed by atoms with Gasteiger partial charge in [-0.3, -0.25) is 14.4 Å². The van der Waals surface area contributed by atoms with E-state index in [0.717, 1.165) is 0 Å². The topological polar surface area (TPSA) is 115 Å². The summed E-state index contributed by atoms with van der Waals surface area (Å²) in [4.78, 5) is 46.2. The standard InChI is InChI=1S/C23H21FN4O4/c24-16-10-8-14(9-11-16)13-25-21(30)18-19(29)22(31)27-20(26-18)17-7-4-12-28(17)23(32)15-5-2-1-3-6-15/h1-3,5-6,8-11,17,29H,4,7,12-13H2,(H,25,30)(H,26,27,31). The van der Waals surface area contributed by atoms with Crippen LogP contribution < -0.4 is 10.9 Å². The van der Waals surface area contributed by atoms with E-state index in [1.807, 2.05) is 6.07 Å². The van der Waals surface area contributed by atoms with Gasteiger partial charge in [0.1, 0.15) is 11.6 Å². The second-order valence-corrected chi connectivity index (χ2v) is 7.48. The van der Waals surface area contributed by atoms with Crippen LogP contribution in [0.15, 0.2) is 59.4 Å². The number of benzene rings is 2. The number of hydrogen-bond acceptors (Lipinski definition) is 5. The third-order valence-electron chi connectivity index (χ3n) is 5.34. The molecule has 1 saturated heterocycles. The molecule has 1 fully saturated rings. The first-order chi connectivity index (χ1) is 15.4. The van der Waals surface area contributed by atoms with E-state index in [2.05, 4.69) is 15.3 Å². The minimum absolute atomic E-state index is 0.0599. The summed E-state index contributed by atoms with van der Waals surface area (Å²) >= 11 is 0. The Morgan fingerprint density at radius 1 is 1.16 bits per heavy atom. The average molecular weight is 436 g/mol. The number of nitrogens with zero attached hydrogens (tertiary/aromatic N) is 2. The number of carbonyl (C=O) groups excluding carboxylic acids is 2. The van der Waals surface area contributed by atoms with Gasteiger partial charge in [-0.2, -0.15) is 0 Å². The van der Waals surface area contributed by atoms with Gasteiger partial charge in [-0.15, -0.1) is 0 Å². The Bertz CT molecular complexity index is 1190. The lowest BCUT2D eigenvalue weighted by Crippen LogP contribution is -2.33. The van der Waals surface area contributed by atoms with Crippen molar-refractivity contribution < 1.29 is 19.1 Å². The highest BCUT2D eigenvalue weighted by Gasteiger charge is 2.33. The van der Waals surface area contributed by atoms with Crippen LogP contribution in [0.4, 0.5) is 4.39 Å². The maximum atomic E-state index is 13.0. The molecule has 0 spiro atoms. The van der Waals surface area contributed by atoms with E-state index in [4.69, 9.17) is 0 Å². The molecule has 1 atom stereocenters. The summed E-state index contributed by atoms with van der Waals surface area (Å²) in [6, 6.07) is 13.8. The van der Waals surface area contributed by atoms with Gasteiger partial charge in [0.05, 0.1) is 6.04 Å². The van der Waals surface area contributed by atoms with Gasteiger partial charge in [0.2, 0.25) is 5.75 Å². The number of amides is 2. The molecule has 1 aliphatic rings. The molecule has 0 radical (unpaired) electrons. The van der Waals surface area contributed by atoms with Gasteiger partial charge < -0.3 is 20.3 Å². The predicted octanol–water partition coefficient (Wildman–Crippen LogP) is 2.52. The van der Waals surface area contributed by atoms with E-state index >= 15 is 0 Å². The van der Waals surface area contributed by atoms with Gasteiger partial charge >= 0.3 is 0 Å². The molecule has 2 aromatic carbocycles. The molecule has 2 heterocycles. The van der Waals surface area contributed by atoms with Crippen molar-refractivity contribution in [3.8, 4) is 5.75 Å². The van der Waals surface area contributed by atoms with Crippen LogP contribution in [0.2, 0.25) is 0 Å². The minimum Gasteiger partial charge on any atom is -0.501 e. The number of rotatable bonds is 5. The number of likely N-dealkylation sites (tertiary alicyclic amines) is 1. The highest BCUT2D eigenvalue weighted by atomic mass is 19.1. The molecule has 0 bridgehead atoms. The summed E-state index contributed by atoms with van der Waals surface area (Å²) in [6.07, 6.45) is 1.27.